The molecule has 2 atom stereocenters. The molecule has 0 saturated heterocycles. The maximum Gasteiger partial charge on any atom is 0.159 e. The normalized spacial score (nSPS) is 17.4. The number of rotatable bonds is 5. The maximum atomic E-state index is 6.59. The van der Waals surface area contributed by atoms with E-state index in [4.69, 9.17) is 4.42 Å². The predicted octanol–water partition coefficient (Wildman–Crippen LogP) is 13.8. The van der Waals surface area contributed by atoms with Gasteiger partial charge in [0.15, 0.2) is 5.58 Å². The quantitative estimate of drug-likeness (QED) is 0.179. The van der Waals surface area contributed by atoms with Crippen LogP contribution in [0.5, 0.6) is 0 Å². The van der Waals surface area contributed by atoms with Crippen molar-refractivity contribution in [3.05, 3.63) is 199 Å². The molecule has 2 heterocycles. The first-order valence-electron chi connectivity index (χ1n) is 18.9. The second-order valence-electron chi connectivity index (χ2n) is 15.3. The molecule has 0 bridgehead atoms. The summed E-state index contributed by atoms with van der Waals surface area (Å²) in [5, 5.41) is 2.25. The molecule has 54 heavy (non-hydrogen) atoms. The van der Waals surface area contributed by atoms with Crippen molar-refractivity contribution in [2.45, 2.75) is 31.2 Å². The number of fused-ring (bicyclic) bond motifs is 9. The second kappa shape index (κ2) is 11.7. The van der Waals surface area contributed by atoms with Gasteiger partial charge in [0.05, 0.1) is 11.7 Å². The van der Waals surface area contributed by atoms with Gasteiger partial charge in [-0.15, -0.1) is 0 Å². The van der Waals surface area contributed by atoms with Crippen molar-refractivity contribution in [1.29, 1.82) is 0 Å². The monoisotopic (exact) mass is 694 g/mol. The number of benzene rings is 7. The van der Waals surface area contributed by atoms with Gasteiger partial charge in [-0.3, -0.25) is 0 Å². The van der Waals surface area contributed by atoms with Gasteiger partial charge in [-0.05, 0) is 93.5 Å². The molecular formula is C51H38N2O. The van der Waals surface area contributed by atoms with Crippen LogP contribution in [0.25, 0.3) is 44.2 Å². The fraction of sp³-hybridized carbons (Fsp3) is 0.0980. The zero-order valence-corrected chi connectivity index (χ0v) is 30.3. The molecule has 11 rings (SSSR count). The molecule has 0 fully saturated rings. The standard InChI is InChI=1S/C51H38N2O/c1-51(2)43-21-12-19-37(33-26-28-35(29-27-33)53-45-22-9-6-16-38(45)39-17-7-10-23-46(39)53)49(43)42-31-30-36(32-44(42)51)52(34-14-4-3-5-15-34)47-24-13-20-41-40-18-8-11-25-48(40)54-50(41)47/h3-32,38,45H,1-2H3. The van der Waals surface area contributed by atoms with Gasteiger partial charge in [0, 0.05) is 44.9 Å². The number of hydrogen-bond acceptors (Lipinski definition) is 3. The fourth-order valence-electron chi connectivity index (χ4n) is 9.46. The molecule has 0 amide bonds. The van der Waals surface area contributed by atoms with Gasteiger partial charge >= 0.3 is 0 Å². The largest absolute Gasteiger partial charge is 0.454 e. The van der Waals surface area contributed by atoms with E-state index in [0.717, 1.165) is 39.0 Å². The van der Waals surface area contributed by atoms with Crippen molar-refractivity contribution in [3.63, 3.8) is 0 Å². The maximum absolute atomic E-state index is 6.59. The molecule has 3 nitrogen and oxygen atoms in total. The molecule has 0 spiro atoms. The summed E-state index contributed by atoms with van der Waals surface area (Å²) >= 11 is 0. The topological polar surface area (TPSA) is 19.6 Å². The lowest BCUT2D eigenvalue weighted by molar-refractivity contribution is 0.660. The van der Waals surface area contributed by atoms with Crippen LogP contribution in [0.1, 0.15) is 36.5 Å². The van der Waals surface area contributed by atoms with Crippen LogP contribution in [-0.2, 0) is 5.41 Å². The summed E-state index contributed by atoms with van der Waals surface area (Å²) in [6.45, 7) is 4.74. The number of allylic oxidation sites excluding steroid dienone is 2. The Labute approximate surface area is 315 Å². The van der Waals surface area contributed by atoms with E-state index in [0.29, 0.717) is 5.92 Å². The minimum absolute atomic E-state index is 0.195. The van der Waals surface area contributed by atoms with Gasteiger partial charge in [-0.1, -0.05) is 141 Å². The third-order valence-corrected chi connectivity index (χ3v) is 12.0. The van der Waals surface area contributed by atoms with Crippen molar-refractivity contribution in [3.8, 4) is 22.3 Å². The van der Waals surface area contributed by atoms with Gasteiger partial charge in [0.25, 0.3) is 0 Å². The lowest BCUT2D eigenvalue weighted by Gasteiger charge is -2.29. The molecule has 8 aromatic rings. The Kier molecular flexibility index (Phi) is 6.72. The number of anilines is 5. The molecule has 3 heteroatoms. The Morgan fingerprint density at radius 1 is 0.593 bits per heavy atom. The van der Waals surface area contributed by atoms with E-state index in [-0.39, 0.29) is 11.5 Å². The summed E-state index contributed by atoms with van der Waals surface area (Å²) in [6.07, 6.45) is 9.05. The highest BCUT2D eigenvalue weighted by Crippen LogP contribution is 2.54. The van der Waals surface area contributed by atoms with Gasteiger partial charge in [0.1, 0.15) is 5.58 Å². The van der Waals surface area contributed by atoms with Crippen molar-refractivity contribution < 1.29 is 4.42 Å². The lowest BCUT2D eigenvalue weighted by atomic mass is 9.81. The zero-order chi connectivity index (χ0) is 36.0. The van der Waals surface area contributed by atoms with E-state index >= 15 is 0 Å². The number of hydrogen-bond donors (Lipinski definition) is 0. The van der Waals surface area contributed by atoms with E-state index in [9.17, 15) is 0 Å². The van der Waals surface area contributed by atoms with Crippen LogP contribution in [-0.4, -0.2) is 6.04 Å². The number of furan rings is 1. The minimum atomic E-state index is -0.195. The third kappa shape index (κ3) is 4.48. The third-order valence-electron chi connectivity index (χ3n) is 12.0. The highest BCUT2D eigenvalue weighted by atomic mass is 16.3. The van der Waals surface area contributed by atoms with Gasteiger partial charge < -0.3 is 14.2 Å². The molecule has 258 valence electrons. The summed E-state index contributed by atoms with van der Waals surface area (Å²) < 4.78 is 6.59. The Morgan fingerprint density at radius 3 is 2.24 bits per heavy atom. The van der Waals surface area contributed by atoms with Gasteiger partial charge in [0.2, 0.25) is 0 Å². The van der Waals surface area contributed by atoms with Gasteiger partial charge in [-0.25, -0.2) is 0 Å². The van der Waals surface area contributed by atoms with E-state index in [1.165, 1.54) is 50.3 Å². The van der Waals surface area contributed by atoms with E-state index in [1.807, 2.05) is 6.07 Å². The highest BCUT2D eigenvalue weighted by Gasteiger charge is 2.39. The zero-order valence-electron chi connectivity index (χ0n) is 30.3. The smallest absolute Gasteiger partial charge is 0.159 e. The number of nitrogens with zero attached hydrogens (tertiary/aromatic N) is 2. The van der Waals surface area contributed by atoms with Crippen molar-refractivity contribution in [2.24, 2.45) is 0 Å². The summed E-state index contributed by atoms with van der Waals surface area (Å²) in [5.74, 6) is 0.372. The predicted molar refractivity (Wildman–Crippen MR) is 225 cm³/mol. The average Bonchev–Trinajstić information content (AvgIpc) is 3.85. The summed E-state index contributed by atoms with van der Waals surface area (Å²) in [6, 6.07) is 57.7. The Hall–Kier alpha value is -6.58. The van der Waals surface area contributed by atoms with Crippen LogP contribution in [0.4, 0.5) is 28.4 Å². The summed E-state index contributed by atoms with van der Waals surface area (Å²) in [4.78, 5) is 4.85. The van der Waals surface area contributed by atoms with Crippen LogP contribution in [0.2, 0.25) is 0 Å². The minimum Gasteiger partial charge on any atom is -0.454 e. The molecule has 2 aliphatic carbocycles. The van der Waals surface area contributed by atoms with Crippen LogP contribution in [0.3, 0.4) is 0 Å². The Bertz CT molecular complexity index is 2820. The van der Waals surface area contributed by atoms with E-state index in [1.54, 1.807) is 0 Å². The molecule has 1 aromatic heterocycles. The molecule has 0 radical (unpaired) electrons. The van der Waals surface area contributed by atoms with Crippen LogP contribution in [0, 0.1) is 0 Å². The van der Waals surface area contributed by atoms with Gasteiger partial charge in [-0.2, -0.15) is 0 Å². The Balaban J connectivity index is 1.02. The molecule has 7 aromatic carbocycles. The van der Waals surface area contributed by atoms with Crippen LogP contribution < -0.4 is 9.80 Å². The first-order valence-corrected chi connectivity index (χ1v) is 18.9. The molecule has 0 saturated carbocycles. The molecule has 0 N–H and O–H groups in total. The van der Waals surface area contributed by atoms with Crippen molar-refractivity contribution in [1.82, 2.24) is 0 Å². The molecule has 2 unspecified atom stereocenters. The van der Waals surface area contributed by atoms with E-state index in [2.05, 4.69) is 200 Å². The van der Waals surface area contributed by atoms with Crippen molar-refractivity contribution in [2.75, 3.05) is 9.80 Å². The fourth-order valence-corrected chi connectivity index (χ4v) is 9.46. The summed E-state index contributed by atoms with van der Waals surface area (Å²) in [7, 11) is 0. The number of para-hydroxylation sites is 4. The van der Waals surface area contributed by atoms with Crippen LogP contribution >= 0.6 is 0 Å². The average molecular weight is 695 g/mol. The lowest BCUT2D eigenvalue weighted by Crippen LogP contribution is -2.28. The molecule has 1 aliphatic heterocycles. The highest BCUT2D eigenvalue weighted by molar-refractivity contribution is 6.10. The van der Waals surface area contributed by atoms with Crippen molar-refractivity contribution >= 4 is 50.4 Å². The molecule has 3 aliphatic rings. The van der Waals surface area contributed by atoms with Crippen LogP contribution in [0.15, 0.2) is 186 Å². The van der Waals surface area contributed by atoms with E-state index < -0.39 is 0 Å². The summed E-state index contributed by atoms with van der Waals surface area (Å²) in [5.41, 5.74) is 16.5. The second-order valence-corrected chi connectivity index (χ2v) is 15.3. The molecular weight excluding hydrogens is 657 g/mol. The SMILES string of the molecule is CC1(C)c2cc(N(c3ccccc3)c3cccc4c3oc3ccccc34)ccc2-c2c(-c3ccc(N4c5ccccc5C5C=CC=CC54)cc3)cccc21. The first-order chi connectivity index (χ1) is 26.6. The first kappa shape index (κ1) is 31.0. The Morgan fingerprint density at radius 2 is 1.35 bits per heavy atom.